The van der Waals surface area contributed by atoms with E-state index in [1.165, 1.54) is 6.42 Å². The summed E-state index contributed by atoms with van der Waals surface area (Å²) < 4.78 is 17.4. The van der Waals surface area contributed by atoms with E-state index in [1.54, 1.807) is 6.08 Å². The van der Waals surface area contributed by atoms with Crippen LogP contribution in [-0.4, -0.2) is 31.1 Å². The van der Waals surface area contributed by atoms with E-state index in [2.05, 4.69) is 12.2 Å². The van der Waals surface area contributed by atoms with Gasteiger partial charge in [-0.3, -0.25) is 0 Å². The first kappa shape index (κ1) is 18.7. The highest BCUT2D eigenvalue weighted by Gasteiger charge is 2.34. The number of fused-ring (bicyclic) bond motifs is 1. The molecule has 2 heterocycles. The number of hydrogen-bond acceptors (Lipinski definition) is 4. The standard InChI is InChI=1S/C21H32O4/c1-16-8-3-2-4-9-17-14-19(25-21-12-5-6-13-23-21)15-18(17)10-7-11-20(22)24-16/h4,7,9,11,16-19,21H,2-3,5-6,8,10,12-15H2,1H3/b9-4+,11-7+/t16-,17?,18?,19-,21?/m0/s1. The van der Waals surface area contributed by atoms with Crippen molar-refractivity contribution in [1.29, 1.82) is 0 Å². The summed E-state index contributed by atoms with van der Waals surface area (Å²) in [6.07, 6.45) is 18.0. The van der Waals surface area contributed by atoms with Crippen LogP contribution in [0.15, 0.2) is 24.3 Å². The molecule has 2 aliphatic heterocycles. The van der Waals surface area contributed by atoms with E-state index in [-0.39, 0.29) is 24.5 Å². The largest absolute Gasteiger partial charge is 0.460 e. The van der Waals surface area contributed by atoms with Crippen LogP contribution < -0.4 is 0 Å². The van der Waals surface area contributed by atoms with Gasteiger partial charge in [-0.1, -0.05) is 18.2 Å². The molecule has 0 spiro atoms. The Bertz CT molecular complexity index is 478. The van der Waals surface area contributed by atoms with Crippen LogP contribution in [0.25, 0.3) is 0 Å². The zero-order valence-electron chi connectivity index (χ0n) is 15.4. The molecule has 4 nitrogen and oxygen atoms in total. The number of allylic oxidation sites excluding steroid dienone is 3. The highest BCUT2D eigenvalue weighted by Crippen LogP contribution is 2.38. The molecule has 3 rings (SSSR count). The number of carbonyl (C=O) groups is 1. The van der Waals surface area contributed by atoms with Crippen molar-refractivity contribution in [3.05, 3.63) is 24.3 Å². The molecule has 0 aromatic rings. The zero-order chi connectivity index (χ0) is 17.5. The third kappa shape index (κ3) is 5.96. The fourth-order valence-corrected chi connectivity index (χ4v) is 4.19. The molecule has 0 radical (unpaired) electrons. The van der Waals surface area contributed by atoms with Gasteiger partial charge in [0.15, 0.2) is 6.29 Å². The average molecular weight is 348 g/mol. The Kier molecular flexibility index (Phi) is 7.12. The van der Waals surface area contributed by atoms with Crippen molar-refractivity contribution in [3.63, 3.8) is 0 Å². The number of carbonyl (C=O) groups excluding carboxylic acids is 1. The Morgan fingerprint density at radius 2 is 2.04 bits per heavy atom. The number of rotatable bonds is 2. The maximum Gasteiger partial charge on any atom is 0.330 e. The van der Waals surface area contributed by atoms with Gasteiger partial charge in [0.1, 0.15) is 0 Å². The monoisotopic (exact) mass is 348 g/mol. The van der Waals surface area contributed by atoms with E-state index in [0.29, 0.717) is 11.8 Å². The topological polar surface area (TPSA) is 44.8 Å². The summed E-state index contributed by atoms with van der Waals surface area (Å²) in [7, 11) is 0. The van der Waals surface area contributed by atoms with Crippen molar-refractivity contribution in [1.82, 2.24) is 0 Å². The molecule has 0 N–H and O–H groups in total. The average Bonchev–Trinajstić information content (AvgIpc) is 2.96. The molecule has 3 unspecified atom stereocenters. The smallest absolute Gasteiger partial charge is 0.330 e. The van der Waals surface area contributed by atoms with E-state index in [1.807, 2.05) is 13.0 Å². The van der Waals surface area contributed by atoms with Crippen LogP contribution in [0.2, 0.25) is 0 Å². The predicted molar refractivity (Wildman–Crippen MR) is 97.0 cm³/mol. The van der Waals surface area contributed by atoms with Gasteiger partial charge in [0.05, 0.1) is 12.2 Å². The van der Waals surface area contributed by atoms with Crippen LogP contribution in [-0.2, 0) is 19.0 Å². The fraction of sp³-hybridized carbons (Fsp3) is 0.762. The van der Waals surface area contributed by atoms with Crippen LogP contribution in [0, 0.1) is 11.8 Å². The minimum absolute atomic E-state index is 0.000855. The molecule has 1 saturated heterocycles. The Hall–Kier alpha value is -1.13. The molecule has 1 saturated carbocycles. The van der Waals surface area contributed by atoms with Crippen LogP contribution in [0.3, 0.4) is 0 Å². The van der Waals surface area contributed by atoms with Crippen molar-refractivity contribution in [2.45, 2.75) is 83.2 Å². The minimum Gasteiger partial charge on any atom is -0.460 e. The summed E-state index contributed by atoms with van der Waals surface area (Å²) >= 11 is 0. The van der Waals surface area contributed by atoms with Crippen molar-refractivity contribution in [2.75, 3.05) is 6.61 Å². The van der Waals surface area contributed by atoms with Gasteiger partial charge in [-0.15, -0.1) is 0 Å². The van der Waals surface area contributed by atoms with Crippen LogP contribution >= 0.6 is 0 Å². The van der Waals surface area contributed by atoms with Gasteiger partial charge in [0.2, 0.25) is 0 Å². The van der Waals surface area contributed by atoms with Crippen LogP contribution in [0.4, 0.5) is 0 Å². The maximum absolute atomic E-state index is 11.8. The number of hydrogen-bond donors (Lipinski definition) is 0. The lowest BCUT2D eigenvalue weighted by atomic mass is 9.92. The maximum atomic E-state index is 11.8. The van der Waals surface area contributed by atoms with Crippen molar-refractivity contribution < 1.29 is 19.0 Å². The Morgan fingerprint density at radius 1 is 1.12 bits per heavy atom. The molecule has 3 aliphatic rings. The zero-order valence-corrected chi connectivity index (χ0v) is 15.4. The Labute approximate surface area is 151 Å². The number of ether oxygens (including phenoxy) is 3. The molecule has 0 amide bonds. The number of esters is 1. The molecule has 2 fully saturated rings. The number of cyclic esters (lactones) is 1. The van der Waals surface area contributed by atoms with Crippen molar-refractivity contribution >= 4 is 5.97 Å². The third-order valence-electron chi connectivity index (χ3n) is 5.56. The SMILES string of the molecule is C[C@H]1CCC/C=C/C2C[C@H](OC3CCCCO3)CC2C/C=C/C(=O)O1. The summed E-state index contributed by atoms with van der Waals surface area (Å²) in [5.41, 5.74) is 0. The van der Waals surface area contributed by atoms with Gasteiger partial charge in [0, 0.05) is 12.7 Å². The van der Waals surface area contributed by atoms with Gasteiger partial charge in [-0.25, -0.2) is 4.79 Å². The summed E-state index contributed by atoms with van der Waals surface area (Å²) in [6.45, 7) is 2.80. The molecule has 0 aromatic heterocycles. The van der Waals surface area contributed by atoms with E-state index < -0.39 is 0 Å². The first-order valence-electron chi connectivity index (χ1n) is 10.0. The summed E-state index contributed by atoms with van der Waals surface area (Å²) in [4.78, 5) is 11.8. The molecule has 0 bridgehead atoms. The van der Waals surface area contributed by atoms with Crippen molar-refractivity contribution in [2.24, 2.45) is 11.8 Å². The second-order valence-corrected chi connectivity index (χ2v) is 7.69. The first-order valence-corrected chi connectivity index (χ1v) is 10.0. The molecule has 4 heteroatoms. The minimum atomic E-state index is -0.211. The molecule has 1 aliphatic carbocycles. The lowest BCUT2D eigenvalue weighted by Crippen LogP contribution is -2.26. The second-order valence-electron chi connectivity index (χ2n) is 7.69. The molecular weight excluding hydrogens is 316 g/mol. The van der Waals surface area contributed by atoms with Gasteiger partial charge < -0.3 is 14.2 Å². The van der Waals surface area contributed by atoms with Crippen LogP contribution in [0.1, 0.15) is 64.7 Å². The Morgan fingerprint density at radius 3 is 2.88 bits per heavy atom. The summed E-state index contributed by atoms with van der Waals surface area (Å²) in [6, 6.07) is 0. The highest BCUT2D eigenvalue weighted by molar-refractivity contribution is 5.82. The second kappa shape index (κ2) is 9.54. The van der Waals surface area contributed by atoms with Gasteiger partial charge in [-0.2, -0.15) is 0 Å². The molecular formula is C21H32O4. The summed E-state index contributed by atoms with van der Waals surface area (Å²) in [5.74, 6) is 0.858. The molecule has 25 heavy (non-hydrogen) atoms. The molecule has 0 aromatic carbocycles. The van der Waals surface area contributed by atoms with E-state index in [9.17, 15) is 4.79 Å². The van der Waals surface area contributed by atoms with Gasteiger partial charge in [-0.05, 0) is 76.5 Å². The Balaban J connectivity index is 1.58. The predicted octanol–water partition coefficient (Wildman–Crippen LogP) is 4.54. The van der Waals surface area contributed by atoms with Crippen LogP contribution in [0.5, 0.6) is 0 Å². The summed E-state index contributed by atoms with van der Waals surface area (Å²) in [5, 5.41) is 0. The lowest BCUT2D eigenvalue weighted by Gasteiger charge is -2.26. The van der Waals surface area contributed by atoms with E-state index in [4.69, 9.17) is 14.2 Å². The van der Waals surface area contributed by atoms with Gasteiger partial charge in [0.25, 0.3) is 0 Å². The molecule has 140 valence electrons. The quantitative estimate of drug-likeness (QED) is 0.543. The van der Waals surface area contributed by atoms with E-state index in [0.717, 1.165) is 58.0 Å². The fourth-order valence-electron chi connectivity index (χ4n) is 4.19. The highest BCUT2D eigenvalue weighted by atomic mass is 16.7. The van der Waals surface area contributed by atoms with Gasteiger partial charge >= 0.3 is 5.97 Å². The third-order valence-corrected chi connectivity index (χ3v) is 5.56. The molecule has 5 atom stereocenters. The van der Waals surface area contributed by atoms with Crippen molar-refractivity contribution in [3.8, 4) is 0 Å². The lowest BCUT2D eigenvalue weighted by molar-refractivity contribution is -0.187. The first-order chi connectivity index (χ1) is 12.2. The van der Waals surface area contributed by atoms with E-state index >= 15 is 0 Å². The normalized spacial score (nSPS) is 40.0.